The number of hydrogen-bond donors (Lipinski definition) is 4. The third-order valence-corrected chi connectivity index (χ3v) is 7.57. The third kappa shape index (κ3) is 7.36. The number of esters is 1. The Kier molecular flexibility index (Phi) is 10.3. The second kappa shape index (κ2) is 13.4. The average Bonchev–Trinajstić information content (AvgIpc) is 3.31. The van der Waals surface area contributed by atoms with Crippen molar-refractivity contribution in [2.45, 2.75) is 97.4 Å². The second-order valence-electron chi connectivity index (χ2n) is 10.6. The number of amides is 3. The monoisotopic (exact) mass is 526 g/mol. The first-order chi connectivity index (χ1) is 18.1. The van der Waals surface area contributed by atoms with Gasteiger partial charge in [-0.05, 0) is 36.8 Å². The number of fused-ring (bicyclic) bond motifs is 1. The van der Waals surface area contributed by atoms with Gasteiger partial charge in [-0.2, -0.15) is 0 Å². The lowest BCUT2D eigenvalue weighted by Crippen LogP contribution is -2.55. The van der Waals surface area contributed by atoms with Gasteiger partial charge in [0.1, 0.15) is 24.2 Å². The first-order valence-electron chi connectivity index (χ1n) is 13.8. The molecule has 0 aliphatic carbocycles. The molecule has 0 spiro atoms. The first-order valence-corrected chi connectivity index (χ1v) is 13.8. The van der Waals surface area contributed by atoms with E-state index < -0.39 is 42.0 Å². The number of hydrogen-bond acceptors (Lipinski definition) is 5. The minimum atomic E-state index is -0.913. The van der Waals surface area contributed by atoms with Crippen molar-refractivity contribution in [2.24, 2.45) is 11.8 Å². The number of carbonyl (C=O) groups excluding carboxylic acids is 4. The van der Waals surface area contributed by atoms with Crippen molar-refractivity contribution in [1.29, 1.82) is 0 Å². The molecule has 9 heteroatoms. The number of H-pyrrole nitrogens is 1. The maximum Gasteiger partial charge on any atom is 0.329 e. The molecule has 1 aliphatic heterocycles. The zero-order valence-corrected chi connectivity index (χ0v) is 23.1. The van der Waals surface area contributed by atoms with Crippen molar-refractivity contribution < 1.29 is 23.9 Å². The van der Waals surface area contributed by atoms with Gasteiger partial charge in [-0.15, -0.1) is 0 Å². The van der Waals surface area contributed by atoms with Crippen molar-refractivity contribution in [3.63, 3.8) is 0 Å². The Bertz CT molecular complexity index is 1130. The number of nitrogens with one attached hydrogen (secondary N) is 4. The van der Waals surface area contributed by atoms with Crippen LogP contribution in [0.4, 0.5) is 0 Å². The number of aromatic nitrogens is 1. The van der Waals surface area contributed by atoms with Crippen LogP contribution in [0, 0.1) is 11.8 Å². The Morgan fingerprint density at radius 3 is 2.42 bits per heavy atom. The molecule has 0 radical (unpaired) electrons. The SMILES string of the molecule is CCCC[C@H](C)[C@@H]1CC(=O)N[C@H](Cc2c[nH]c3ccccc23)C(=O)N[C@@H](C)C(=O)N[C@H]([C@H](C)CC)C(=O)O1. The van der Waals surface area contributed by atoms with E-state index >= 15 is 0 Å². The Labute approximate surface area is 224 Å². The van der Waals surface area contributed by atoms with Gasteiger partial charge in [0.25, 0.3) is 0 Å². The Morgan fingerprint density at radius 1 is 0.974 bits per heavy atom. The lowest BCUT2D eigenvalue weighted by atomic mass is 9.94. The first kappa shape index (κ1) is 29.2. The molecule has 6 atom stereocenters. The standard InChI is InChI=1S/C29H42N4O5/c1-6-8-11-18(4)24-15-25(34)32-23(14-20-16-30-22-13-10-9-12-21(20)22)28(36)31-19(5)27(35)33-26(17(3)7-2)29(37)38-24/h9-10,12-13,16-19,23-24,26,30H,6-8,11,14-15H2,1-5H3,(H,31,36)(H,32,34)(H,33,35)/t17-,18+,19+,23-,24+,26-/m1/s1. The molecule has 1 saturated heterocycles. The maximum absolute atomic E-state index is 13.4. The number of ether oxygens (including phenoxy) is 1. The van der Waals surface area contributed by atoms with E-state index in [1.807, 2.05) is 51.2 Å². The van der Waals surface area contributed by atoms with E-state index in [0.29, 0.717) is 6.42 Å². The minimum Gasteiger partial charge on any atom is -0.460 e. The maximum atomic E-state index is 13.4. The second-order valence-corrected chi connectivity index (χ2v) is 10.6. The summed E-state index contributed by atoms with van der Waals surface area (Å²) in [4.78, 5) is 56.1. The van der Waals surface area contributed by atoms with Gasteiger partial charge in [0.2, 0.25) is 17.7 Å². The number of aromatic amines is 1. The van der Waals surface area contributed by atoms with Crippen LogP contribution in [0.2, 0.25) is 0 Å². The van der Waals surface area contributed by atoms with Crippen molar-refractivity contribution in [2.75, 3.05) is 0 Å². The molecule has 1 fully saturated rings. The topological polar surface area (TPSA) is 129 Å². The molecule has 3 rings (SSSR count). The highest BCUT2D eigenvalue weighted by Crippen LogP contribution is 2.22. The molecule has 1 aromatic heterocycles. The fourth-order valence-corrected chi connectivity index (χ4v) is 4.79. The normalized spacial score (nSPS) is 25.2. The van der Waals surface area contributed by atoms with Gasteiger partial charge in [-0.3, -0.25) is 14.4 Å². The summed E-state index contributed by atoms with van der Waals surface area (Å²) in [5.41, 5.74) is 1.80. The molecular formula is C29H42N4O5. The zero-order chi connectivity index (χ0) is 27.8. The Hall–Kier alpha value is -3.36. The molecule has 9 nitrogen and oxygen atoms in total. The number of benzene rings is 1. The van der Waals surface area contributed by atoms with Crippen molar-refractivity contribution in [3.8, 4) is 0 Å². The molecule has 2 heterocycles. The molecule has 0 unspecified atom stereocenters. The fourth-order valence-electron chi connectivity index (χ4n) is 4.79. The summed E-state index contributed by atoms with van der Waals surface area (Å²) >= 11 is 0. The van der Waals surface area contributed by atoms with E-state index in [9.17, 15) is 19.2 Å². The van der Waals surface area contributed by atoms with Gasteiger partial charge in [0, 0.05) is 23.5 Å². The number of carbonyl (C=O) groups is 4. The molecule has 38 heavy (non-hydrogen) atoms. The lowest BCUT2D eigenvalue weighted by Gasteiger charge is -2.29. The van der Waals surface area contributed by atoms with E-state index in [-0.39, 0.29) is 30.6 Å². The fraction of sp³-hybridized carbons (Fsp3) is 0.586. The number of unbranched alkanes of at least 4 members (excludes halogenated alkanes) is 1. The van der Waals surface area contributed by atoms with Crippen molar-refractivity contribution in [1.82, 2.24) is 20.9 Å². The van der Waals surface area contributed by atoms with Gasteiger partial charge in [-0.25, -0.2) is 4.79 Å². The number of cyclic esters (lactones) is 1. The quantitative estimate of drug-likeness (QED) is 0.392. The van der Waals surface area contributed by atoms with Crippen molar-refractivity contribution in [3.05, 3.63) is 36.0 Å². The van der Waals surface area contributed by atoms with E-state index in [2.05, 4.69) is 27.9 Å². The van der Waals surface area contributed by atoms with Crippen LogP contribution in [0.25, 0.3) is 10.9 Å². The molecule has 208 valence electrons. The van der Waals surface area contributed by atoms with Crippen LogP contribution >= 0.6 is 0 Å². The molecule has 4 N–H and O–H groups in total. The molecular weight excluding hydrogens is 484 g/mol. The molecule has 2 aromatic rings. The summed E-state index contributed by atoms with van der Waals surface area (Å²) < 4.78 is 5.91. The summed E-state index contributed by atoms with van der Waals surface area (Å²) in [6.45, 7) is 9.41. The molecule has 0 bridgehead atoms. The molecule has 1 aliphatic rings. The Morgan fingerprint density at radius 2 is 1.71 bits per heavy atom. The van der Waals surface area contributed by atoms with Crippen LogP contribution in [-0.2, 0) is 30.3 Å². The highest BCUT2D eigenvalue weighted by molar-refractivity contribution is 5.94. The summed E-state index contributed by atoms with van der Waals surface area (Å²) in [5.74, 6) is -2.13. The van der Waals surface area contributed by atoms with Gasteiger partial charge in [-0.1, -0.05) is 65.2 Å². The van der Waals surface area contributed by atoms with Crippen LogP contribution in [-0.4, -0.2) is 52.9 Å². The summed E-state index contributed by atoms with van der Waals surface area (Å²) in [5, 5.41) is 9.33. The van der Waals surface area contributed by atoms with E-state index in [4.69, 9.17) is 4.74 Å². The molecule has 0 saturated carbocycles. The van der Waals surface area contributed by atoms with E-state index in [1.165, 1.54) is 0 Å². The Balaban J connectivity index is 1.93. The molecule has 3 amide bonds. The third-order valence-electron chi connectivity index (χ3n) is 7.57. The summed E-state index contributed by atoms with van der Waals surface area (Å²) in [6, 6.07) is 5.03. The highest BCUT2D eigenvalue weighted by atomic mass is 16.5. The average molecular weight is 527 g/mol. The van der Waals surface area contributed by atoms with Crippen LogP contribution in [0.3, 0.4) is 0 Å². The van der Waals surface area contributed by atoms with E-state index in [0.717, 1.165) is 35.7 Å². The molecule has 1 aromatic carbocycles. The predicted octanol–water partition coefficient (Wildman–Crippen LogP) is 3.37. The smallest absolute Gasteiger partial charge is 0.329 e. The van der Waals surface area contributed by atoms with Crippen LogP contribution < -0.4 is 16.0 Å². The predicted molar refractivity (Wildman–Crippen MR) is 146 cm³/mol. The summed E-state index contributed by atoms with van der Waals surface area (Å²) in [6.07, 6.45) is 4.68. The van der Waals surface area contributed by atoms with E-state index in [1.54, 1.807) is 6.92 Å². The van der Waals surface area contributed by atoms with Gasteiger partial charge < -0.3 is 25.7 Å². The minimum absolute atomic E-state index is 0.0645. The number of rotatable bonds is 8. The van der Waals surface area contributed by atoms with Gasteiger partial charge >= 0.3 is 5.97 Å². The zero-order valence-electron chi connectivity index (χ0n) is 23.1. The van der Waals surface area contributed by atoms with Gasteiger partial charge in [0.05, 0.1) is 6.42 Å². The lowest BCUT2D eigenvalue weighted by molar-refractivity contribution is -0.158. The van der Waals surface area contributed by atoms with Crippen LogP contribution in [0.5, 0.6) is 0 Å². The largest absolute Gasteiger partial charge is 0.460 e. The van der Waals surface area contributed by atoms with Crippen LogP contribution in [0.1, 0.15) is 72.3 Å². The summed E-state index contributed by atoms with van der Waals surface area (Å²) in [7, 11) is 0. The number of para-hydroxylation sites is 1. The highest BCUT2D eigenvalue weighted by Gasteiger charge is 2.35. The van der Waals surface area contributed by atoms with Crippen LogP contribution in [0.15, 0.2) is 30.5 Å². The van der Waals surface area contributed by atoms with Gasteiger partial charge in [0.15, 0.2) is 0 Å². The van der Waals surface area contributed by atoms with Crippen molar-refractivity contribution >= 4 is 34.6 Å².